The maximum absolute atomic E-state index is 13.2. The molecule has 4 nitrogen and oxygen atoms in total. The summed E-state index contributed by atoms with van der Waals surface area (Å²) in [6, 6.07) is 9.87. The Kier molecular flexibility index (Phi) is 3.97. The fourth-order valence-corrected chi connectivity index (χ4v) is 1.77. The summed E-state index contributed by atoms with van der Waals surface area (Å²) < 4.78 is 18.6. The van der Waals surface area contributed by atoms with Crippen molar-refractivity contribution in [2.45, 2.75) is 5.88 Å². The van der Waals surface area contributed by atoms with Crippen LogP contribution >= 0.6 is 11.6 Å². The Hall–Kier alpha value is -2.14. The van der Waals surface area contributed by atoms with Crippen molar-refractivity contribution in [2.24, 2.45) is 0 Å². The van der Waals surface area contributed by atoms with Gasteiger partial charge >= 0.3 is 5.69 Å². The number of para-hydroxylation sites is 1. The minimum Gasteiger partial charge on any atom is -0.450 e. The third-order valence-electron chi connectivity index (χ3n) is 2.46. The van der Waals surface area contributed by atoms with Crippen LogP contribution in [0.4, 0.5) is 10.1 Å². The highest BCUT2D eigenvalue weighted by Gasteiger charge is 2.17. The molecule has 0 saturated carbocycles. The molecule has 0 unspecified atom stereocenters. The number of nitro benzene ring substituents is 1. The first kappa shape index (κ1) is 13.3. The van der Waals surface area contributed by atoms with Gasteiger partial charge in [-0.15, -0.1) is 11.6 Å². The van der Waals surface area contributed by atoms with Gasteiger partial charge < -0.3 is 4.74 Å². The van der Waals surface area contributed by atoms with Gasteiger partial charge in [-0.25, -0.2) is 4.39 Å². The van der Waals surface area contributed by atoms with Crippen LogP contribution in [0, 0.1) is 15.9 Å². The van der Waals surface area contributed by atoms with E-state index in [1.807, 2.05) is 0 Å². The molecule has 0 fully saturated rings. The van der Waals surface area contributed by atoms with Crippen molar-refractivity contribution in [1.82, 2.24) is 0 Å². The number of nitro groups is 1. The van der Waals surface area contributed by atoms with Crippen LogP contribution in [-0.4, -0.2) is 4.92 Å². The van der Waals surface area contributed by atoms with E-state index in [0.29, 0.717) is 11.3 Å². The maximum atomic E-state index is 13.2. The lowest BCUT2D eigenvalue weighted by Gasteiger charge is -2.09. The molecule has 0 heterocycles. The predicted molar refractivity (Wildman–Crippen MR) is 69.1 cm³/mol. The normalized spacial score (nSPS) is 10.2. The smallest absolute Gasteiger partial charge is 0.311 e. The monoisotopic (exact) mass is 281 g/mol. The first-order valence-corrected chi connectivity index (χ1v) is 5.91. The molecule has 0 aliphatic heterocycles. The molecule has 0 spiro atoms. The van der Waals surface area contributed by atoms with Gasteiger partial charge in [0.1, 0.15) is 11.6 Å². The van der Waals surface area contributed by atoms with Crippen molar-refractivity contribution in [3.8, 4) is 11.5 Å². The molecule has 0 radical (unpaired) electrons. The number of rotatable bonds is 4. The second-order valence-electron chi connectivity index (χ2n) is 3.71. The van der Waals surface area contributed by atoms with Crippen LogP contribution in [0.5, 0.6) is 11.5 Å². The topological polar surface area (TPSA) is 52.4 Å². The SMILES string of the molecule is O=[N+]([O-])c1ccc(F)cc1Oc1ccccc1CCl. The molecule has 19 heavy (non-hydrogen) atoms. The van der Waals surface area contributed by atoms with Crippen LogP contribution < -0.4 is 4.74 Å². The van der Waals surface area contributed by atoms with Crippen LogP contribution in [0.15, 0.2) is 42.5 Å². The maximum Gasteiger partial charge on any atom is 0.311 e. The highest BCUT2D eigenvalue weighted by molar-refractivity contribution is 6.17. The fourth-order valence-electron chi connectivity index (χ4n) is 1.55. The molecule has 0 atom stereocenters. The second-order valence-corrected chi connectivity index (χ2v) is 3.98. The van der Waals surface area contributed by atoms with E-state index in [1.165, 1.54) is 0 Å². The summed E-state index contributed by atoms with van der Waals surface area (Å²) in [5.74, 6) is -0.197. The molecule has 2 aromatic rings. The molecular weight excluding hydrogens is 273 g/mol. The Morgan fingerprint density at radius 2 is 1.95 bits per heavy atom. The van der Waals surface area contributed by atoms with Gasteiger partial charge in [-0.3, -0.25) is 10.1 Å². The Labute approximate surface area is 113 Å². The molecule has 0 bridgehead atoms. The fraction of sp³-hybridized carbons (Fsp3) is 0.0769. The van der Waals surface area contributed by atoms with Gasteiger partial charge in [-0.05, 0) is 12.1 Å². The number of hydrogen-bond acceptors (Lipinski definition) is 3. The predicted octanol–water partition coefficient (Wildman–Crippen LogP) is 4.27. The van der Waals surface area contributed by atoms with E-state index in [2.05, 4.69) is 0 Å². The van der Waals surface area contributed by atoms with E-state index >= 15 is 0 Å². The third-order valence-corrected chi connectivity index (χ3v) is 2.74. The summed E-state index contributed by atoms with van der Waals surface area (Å²) in [6.07, 6.45) is 0. The average Bonchev–Trinajstić information content (AvgIpc) is 2.39. The molecule has 98 valence electrons. The first-order chi connectivity index (χ1) is 9.11. The molecule has 0 N–H and O–H groups in total. The number of benzene rings is 2. The highest BCUT2D eigenvalue weighted by atomic mass is 35.5. The third kappa shape index (κ3) is 3.00. The number of alkyl halides is 1. The van der Waals surface area contributed by atoms with Crippen molar-refractivity contribution >= 4 is 17.3 Å². The van der Waals surface area contributed by atoms with Gasteiger partial charge in [0.2, 0.25) is 5.75 Å². The summed E-state index contributed by atoms with van der Waals surface area (Å²) in [4.78, 5) is 10.2. The van der Waals surface area contributed by atoms with Crippen LogP contribution in [0.2, 0.25) is 0 Å². The van der Waals surface area contributed by atoms with Gasteiger partial charge in [0.25, 0.3) is 0 Å². The van der Waals surface area contributed by atoms with Gasteiger partial charge in [-0.2, -0.15) is 0 Å². The molecule has 2 aromatic carbocycles. The number of nitrogens with zero attached hydrogens (tertiary/aromatic N) is 1. The summed E-state index contributed by atoms with van der Waals surface area (Å²) in [7, 11) is 0. The Morgan fingerprint density at radius 1 is 1.21 bits per heavy atom. The number of ether oxygens (including phenoxy) is 1. The molecule has 0 saturated heterocycles. The van der Waals surface area contributed by atoms with Crippen molar-refractivity contribution < 1.29 is 14.1 Å². The van der Waals surface area contributed by atoms with E-state index in [0.717, 1.165) is 18.2 Å². The van der Waals surface area contributed by atoms with Crippen molar-refractivity contribution in [3.63, 3.8) is 0 Å². The van der Waals surface area contributed by atoms with E-state index in [4.69, 9.17) is 16.3 Å². The Balaban J connectivity index is 2.42. The number of halogens is 2. The lowest BCUT2D eigenvalue weighted by molar-refractivity contribution is -0.385. The zero-order chi connectivity index (χ0) is 13.8. The van der Waals surface area contributed by atoms with E-state index in [-0.39, 0.29) is 17.3 Å². The van der Waals surface area contributed by atoms with Crippen molar-refractivity contribution in [3.05, 3.63) is 64.0 Å². The lowest BCUT2D eigenvalue weighted by Crippen LogP contribution is -1.95. The van der Waals surface area contributed by atoms with Crippen LogP contribution in [0.25, 0.3) is 0 Å². The van der Waals surface area contributed by atoms with E-state index in [1.54, 1.807) is 24.3 Å². The molecule has 6 heteroatoms. The van der Waals surface area contributed by atoms with Gasteiger partial charge in [0.05, 0.1) is 10.8 Å². The quantitative estimate of drug-likeness (QED) is 0.478. The summed E-state index contributed by atoms with van der Waals surface area (Å²) in [6.45, 7) is 0. The van der Waals surface area contributed by atoms with Crippen LogP contribution in [0.3, 0.4) is 0 Å². The van der Waals surface area contributed by atoms with Crippen LogP contribution in [-0.2, 0) is 5.88 Å². The highest BCUT2D eigenvalue weighted by Crippen LogP contribution is 2.33. The average molecular weight is 282 g/mol. The summed E-state index contributed by atoms with van der Waals surface area (Å²) in [5, 5.41) is 10.9. The zero-order valence-electron chi connectivity index (χ0n) is 9.68. The molecule has 0 aliphatic carbocycles. The van der Waals surface area contributed by atoms with Crippen molar-refractivity contribution in [1.29, 1.82) is 0 Å². The van der Waals surface area contributed by atoms with Crippen LogP contribution in [0.1, 0.15) is 5.56 Å². The molecule has 0 amide bonds. The summed E-state index contributed by atoms with van der Waals surface area (Å²) in [5.41, 5.74) is 0.369. The minimum absolute atomic E-state index is 0.150. The van der Waals surface area contributed by atoms with Gasteiger partial charge in [-0.1, -0.05) is 18.2 Å². The Bertz CT molecular complexity index is 619. The lowest BCUT2D eigenvalue weighted by atomic mass is 10.2. The van der Waals surface area contributed by atoms with Gasteiger partial charge in [0, 0.05) is 17.7 Å². The second kappa shape index (κ2) is 5.67. The summed E-state index contributed by atoms with van der Waals surface area (Å²) >= 11 is 5.74. The van der Waals surface area contributed by atoms with Gasteiger partial charge in [0.15, 0.2) is 0 Å². The first-order valence-electron chi connectivity index (χ1n) is 5.37. The molecule has 2 rings (SSSR count). The van der Waals surface area contributed by atoms with E-state index < -0.39 is 10.7 Å². The Morgan fingerprint density at radius 3 is 2.63 bits per heavy atom. The molecule has 0 aromatic heterocycles. The zero-order valence-corrected chi connectivity index (χ0v) is 10.4. The standard InChI is InChI=1S/C13H9ClFNO3/c14-8-9-3-1-2-4-12(9)19-13-7-10(15)5-6-11(13)16(17)18/h1-7H,8H2. The minimum atomic E-state index is -0.627. The van der Waals surface area contributed by atoms with E-state index in [9.17, 15) is 14.5 Å². The molecular formula is C13H9ClFNO3. The number of hydrogen-bond donors (Lipinski definition) is 0. The molecule has 0 aliphatic rings. The van der Waals surface area contributed by atoms with Crippen molar-refractivity contribution in [2.75, 3.05) is 0 Å². The largest absolute Gasteiger partial charge is 0.450 e.